The molecular formula is C16H14N2O2S. The van der Waals surface area contributed by atoms with E-state index in [9.17, 15) is 9.90 Å². The van der Waals surface area contributed by atoms with Gasteiger partial charge in [0.15, 0.2) is 0 Å². The van der Waals surface area contributed by atoms with Crippen LogP contribution in [0.1, 0.15) is 16.1 Å². The minimum Gasteiger partial charge on any atom is -0.507 e. The van der Waals surface area contributed by atoms with Crippen molar-refractivity contribution >= 4 is 28.0 Å². The summed E-state index contributed by atoms with van der Waals surface area (Å²) in [6.07, 6.45) is 0. The van der Waals surface area contributed by atoms with E-state index in [1.165, 1.54) is 11.3 Å². The third-order valence-corrected chi connectivity index (χ3v) is 3.96. The van der Waals surface area contributed by atoms with Crippen LogP contribution in [0, 0.1) is 0 Å². The van der Waals surface area contributed by atoms with E-state index in [1.807, 2.05) is 29.6 Å². The Bertz CT molecular complexity index is 784. The van der Waals surface area contributed by atoms with Gasteiger partial charge in [0.2, 0.25) is 0 Å². The van der Waals surface area contributed by atoms with Crippen molar-refractivity contribution in [3.63, 3.8) is 0 Å². The molecule has 0 aliphatic heterocycles. The zero-order valence-corrected chi connectivity index (χ0v) is 12.3. The van der Waals surface area contributed by atoms with Crippen LogP contribution in [0.3, 0.4) is 0 Å². The molecule has 2 aromatic carbocycles. The molecule has 0 aliphatic rings. The second kappa shape index (κ2) is 5.54. The molecule has 0 bridgehead atoms. The number of hydrogen-bond donors (Lipinski definition) is 1. The second-order valence-corrected chi connectivity index (χ2v) is 5.58. The number of nitrogens with zero attached hydrogens (tertiary/aromatic N) is 2. The number of carbonyl (C=O) groups is 1. The number of rotatable bonds is 3. The largest absolute Gasteiger partial charge is 0.507 e. The average Bonchev–Trinajstić information content (AvgIpc) is 2.98. The van der Waals surface area contributed by atoms with Crippen LogP contribution >= 0.6 is 11.3 Å². The molecule has 4 nitrogen and oxygen atoms in total. The molecule has 1 aromatic heterocycles. The summed E-state index contributed by atoms with van der Waals surface area (Å²) in [4.78, 5) is 18.2. The first-order valence-electron chi connectivity index (χ1n) is 6.49. The van der Waals surface area contributed by atoms with Crippen LogP contribution in [0.15, 0.2) is 47.3 Å². The van der Waals surface area contributed by atoms with Crippen LogP contribution in [0.25, 0.3) is 10.8 Å². The van der Waals surface area contributed by atoms with E-state index in [-0.39, 0.29) is 11.7 Å². The van der Waals surface area contributed by atoms with Gasteiger partial charge in [0, 0.05) is 12.4 Å². The number of aromatic nitrogens is 1. The number of phenols is 1. The number of amides is 1. The Kier molecular flexibility index (Phi) is 3.58. The molecule has 0 unspecified atom stereocenters. The molecule has 0 atom stereocenters. The summed E-state index contributed by atoms with van der Waals surface area (Å²) >= 11 is 1.50. The van der Waals surface area contributed by atoms with Gasteiger partial charge in [-0.2, -0.15) is 0 Å². The van der Waals surface area contributed by atoms with E-state index >= 15 is 0 Å². The molecule has 0 spiro atoms. The van der Waals surface area contributed by atoms with Gasteiger partial charge in [0.05, 0.1) is 23.3 Å². The van der Waals surface area contributed by atoms with Crippen LogP contribution in [0.5, 0.6) is 5.75 Å². The zero-order valence-electron chi connectivity index (χ0n) is 11.5. The molecule has 21 heavy (non-hydrogen) atoms. The van der Waals surface area contributed by atoms with Crippen molar-refractivity contribution in [1.82, 2.24) is 9.88 Å². The van der Waals surface area contributed by atoms with Crippen molar-refractivity contribution in [3.8, 4) is 5.75 Å². The highest BCUT2D eigenvalue weighted by Crippen LogP contribution is 2.26. The standard InChI is InChI=1S/C16H14N2O2S/c1-18(8-13-9-21-10-17-13)16(20)14-6-11-4-2-3-5-12(11)7-15(14)19/h2-7,9-10,19H,8H2,1H3. The van der Waals surface area contributed by atoms with Crippen molar-refractivity contribution in [3.05, 3.63) is 58.5 Å². The van der Waals surface area contributed by atoms with Gasteiger partial charge < -0.3 is 10.0 Å². The first kappa shape index (κ1) is 13.6. The Balaban J connectivity index is 1.91. The van der Waals surface area contributed by atoms with E-state index in [0.717, 1.165) is 16.5 Å². The monoisotopic (exact) mass is 298 g/mol. The van der Waals surface area contributed by atoms with Crippen molar-refractivity contribution in [2.24, 2.45) is 0 Å². The fourth-order valence-electron chi connectivity index (χ4n) is 2.24. The van der Waals surface area contributed by atoms with E-state index in [0.29, 0.717) is 12.1 Å². The molecular weight excluding hydrogens is 284 g/mol. The first-order chi connectivity index (χ1) is 10.1. The second-order valence-electron chi connectivity index (χ2n) is 4.86. The lowest BCUT2D eigenvalue weighted by Gasteiger charge is -2.17. The van der Waals surface area contributed by atoms with Gasteiger partial charge in [-0.05, 0) is 22.9 Å². The Hall–Kier alpha value is -2.40. The summed E-state index contributed by atoms with van der Waals surface area (Å²) in [5.74, 6) is -0.213. The smallest absolute Gasteiger partial charge is 0.257 e. The topological polar surface area (TPSA) is 53.4 Å². The van der Waals surface area contributed by atoms with E-state index in [4.69, 9.17) is 0 Å². The Labute approximate surface area is 126 Å². The molecule has 5 heteroatoms. The lowest BCUT2D eigenvalue weighted by molar-refractivity contribution is 0.0781. The summed E-state index contributed by atoms with van der Waals surface area (Å²) < 4.78 is 0. The van der Waals surface area contributed by atoms with E-state index in [2.05, 4.69) is 4.98 Å². The number of aromatic hydroxyl groups is 1. The predicted molar refractivity (Wildman–Crippen MR) is 83.5 cm³/mol. The normalized spacial score (nSPS) is 10.7. The lowest BCUT2D eigenvalue weighted by atomic mass is 10.1. The summed E-state index contributed by atoms with van der Waals surface area (Å²) in [6, 6.07) is 11.0. The first-order valence-corrected chi connectivity index (χ1v) is 7.44. The van der Waals surface area contributed by atoms with Gasteiger partial charge >= 0.3 is 0 Å². The van der Waals surface area contributed by atoms with Gasteiger partial charge in [-0.25, -0.2) is 4.98 Å². The highest BCUT2D eigenvalue weighted by atomic mass is 32.1. The van der Waals surface area contributed by atoms with Gasteiger partial charge in [-0.15, -0.1) is 11.3 Å². The van der Waals surface area contributed by atoms with Crippen LogP contribution in [-0.4, -0.2) is 27.9 Å². The quantitative estimate of drug-likeness (QED) is 0.807. The van der Waals surface area contributed by atoms with E-state index in [1.54, 1.807) is 29.6 Å². The van der Waals surface area contributed by atoms with Gasteiger partial charge in [0.1, 0.15) is 5.75 Å². The molecule has 0 saturated heterocycles. The maximum Gasteiger partial charge on any atom is 0.257 e. The van der Waals surface area contributed by atoms with Gasteiger partial charge in [-0.3, -0.25) is 4.79 Å². The predicted octanol–water partition coefficient (Wildman–Crippen LogP) is 3.27. The van der Waals surface area contributed by atoms with Crippen molar-refractivity contribution in [2.75, 3.05) is 7.05 Å². The summed E-state index contributed by atoms with van der Waals surface area (Å²) in [7, 11) is 1.70. The molecule has 3 aromatic rings. The summed E-state index contributed by atoms with van der Waals surface area (Å²) in [5.41, 5.74) is 2.89. The fourth-order valence-corrected chi connectivity index (χ4v) is 2.79. The van der Waals surface area contributed by atoms with Crippen LogP contribution in [0.4, 0.5) is 0 Å². The Morgan fingerprint density at radius 2 is 2.00 bits per heavy atom. The van der Waals surface area contributed by atoms with Crippen LogP contribution in [0.2, 0.25) is 0 Å². The minimum absolute atomic E-state index is 0.00354. The minimum atomic E-state index is -0.216. The molecule has 0 radical (unpaired) electrons. The third kappa shape index (κ3) is 2.73. The Morgan fingerprint density at radius 1 is 1.29 bits per heavy atom. The molecule has 1 heterocycles. The molecule has 0 aliphatic carbocycles. The molecule has 0 fully saturated rings. The number of carbonyl (C=O) groups excluding carboxylic acids is 1. The molecule has 3 rings (SSSR count). The molecule has 1 amide bonds. The number of phenolic OH excluding ortho intramolecular Hbond substituents is 1. The molecule has 106 valence electrons. The van der Waals surface area contributed by atoms with Crippen molar-refractivity contribution in [2.45, 2.75) is 6.54 Å². The number of fused-ring (bicyclic) bond motifs is 1. The Morgan fingerprint density at radius 3 is 2.67 bits per heavy atom. The number of benzene rings is 2. The average molecular weight is 298 g/mol. The van der Waals surface area contributed by atoms with E-state index < -0.39 is 0 Å². The third-order valence-electron chi connectivity index (χ3n) is 3.32. The van der Waals surface area contributed by atoms with Gasteiger partial charge in [-0.1, -0.05) is 24.3 Å². The summed E-state index contributed by atoms with van der Waals surface area (Å²) in [6.45, 7) is 0.425. The zero-order chi connectivity index (χ0) is 14.8. The van der Waals surface area contributed by atoms with Crippen LogP contribution < -0.4 is 0 Å². The highest BCUT2D eigenvalue weighted by Gasteiger charge is 2.17. The van der Waals surface area contributed by atoms with Crippen molar-refractivity contribution < 1.29 is 9.90 Å². The van der Waals surface area contributed by atoms with Gasteiger partial charge in [0.25, 0.3) is 5.91 Å². The molecule has 0 saturated carbocycles. The number of hydrogen-bond acceptors (Lipinski definition) is 4. The van der Waals surface area contributed by atoms with Crippen LogP contribution in [-0.2, 0) is 6.54 Å². The molecule has 1 N–H and O–H groups in total. The maximum atomic E-state index is 12.5. The van der Waals surface area contributed by atoms with Crippen molar-refractivity contribution in [1.29, 1.82) is 0 Å². The highest BCUT2D eigenvalue weighted by molar-refractivity contribution is 7.07. The SMILES string of the molecule is CN(Cc1cscn1)C(=O)c1cc2ccccc2cc1O. The lowest BCUT2D eigenvalue weighted by Crippen LogP contribution is -2.26. The maximum absolute atomic E-state index is 12.5. The summed E-state index contributed by atoms with van der Waals surface area (Å²) in [5, 5.41) is 13.8. The fraction of sp³-hybridized carbons (Fsp3) is 0.125. The number of thiazole rings is 1.